The van der Waals surface area contributed by atoms with Crippen molar-refractivity contribution in [3.8, 4) is 0 Å². The van der Waals surface area contributed by atoms with Crippen LogP contribution in [-0.2, 0) is 9.84 Å². The number of aromatic nitrogens is 4. The molecule has 0 saturated carbocycles. The van der Waals surface area contributed by atoms with Gasteiger partial charge in [-0.15, -0.1) is 5.10 Å². The summed E-state index contributed by atoms with van der Waals surface area (Å²) in [5.74, 6) is -0.0244. The number of rotatable bonds is 6. The molecule has 9 heteroatoms. The number of aryl methyl sites for hydroxylation is 2. The molecule has 0 radical (unpaired) electrons. The molecule has 0 N–H and O–H groups in total. The van der Waals surface area contributed by atoms with Crippen LogP contribution < -0.4 is 0 Å². The van der Waals surface area contributed by atoms with Crippen LogP contribution in [0.1, 0.15) is 42.8 Å². The van der Waals surface area contributed by atoms with Crippen molar-refractivity contribution in [3.63, 3.8) is 0 Å². The minimum absolute atomic E-state index is 0.0267. The van der Waals surface area contributed by atoms with Gasteiger partial charge in [-0.3, -0.25) is 4.79 Å². The number of carbonyl (C=O) groups excluding carboxylic acids is 1. The summed E-state index contributed by atoms with van der Waals surface area (Å²) in [6.07, 6.45) is 0. The number of nitrogens with zero attached hydrogens (tertiary/aromatic N) is 5. The number of fused-ring (bicyclic) bond motifs is 1. The van der Waals surface area contributed by atoms with Gasteiger partial charge in [-0.25, -0.2) is 17.9 Å². The minimum Gasteiger partial charge on any atom is -0.332 e. The Kier molecular flexibility index (Phi) is 5.22. The quantitative estimate of drug-likeness (QED) is 0.769. The molecule has 8 nitrogen and oxygen atoms in total. The molecule has 0 saturated heterocycles. The number of carbonyl (C=O) groups is 1. The van der Waals surface area contributed by atoms with Crippen LogP contribution in [0.3, 0.4) is 0 Å². The maximum Gasteiger partial charge on any atom is 0.293 e. The number of hydrogen-bond donors (Lipinski definition) is 0. The van der Waals surface area contributed by atoms with Crippen molar-refractivity contribution in [3.05, 3.63) is 23.3 Å². The van der Waals surface area contributed by atoms with Gasteiger partial charge in [0, 0.05) is 29.7 Å². The van der Waals surface area contributed by atoms with Crippen molar-refractivity contribution < 1.29 is 13.2 Å². The van der Waals surface area contributed by atoms with Crippen LogP contribution in [0.5, 0.6) is 0 Å². The van der Waals surface area contributed by atoms with Gasteiger partial charge in [-0.05, 0) is 33.8 Å². The second-order valence-corrected chi connectivity index (χ2v) is 8.22. The SMILES string of the molecule is CCN(C(=O)c1nc2nc(C)cc(C)n2n1)C(C)CS(=O)(=O)CC. The Labute approximate surface area is 141 Å². The zero-order chi connectivity index (χ0) is 18.1. The Morgan fingerprint density at radius 2 is 1.96 bits per heavy atom. The van der Waals surface area contributed by atoms with Gasteiger partial charge < -0.3 is 4.90 Å². The summed E-state index contributed by atoms with van der Waals surface area (Å²) in [6.45, 7) is 9.20. The lowest BCUT2D eigenvalue weighted by molar-refractivity contribution is 0.0707. The Balaban J connectivity index is 2.33. The molecular formula is C15H23N5O3S. The van der Waals surface area contributed by atoms with E-state index in [2.05, 4.69) is 15.1 Å². The molecule has 0 fully saturated rings. The van der Waals surface area contributed by atoms with E-state index in [0.29, 0.717) is 12.3 Å². The van der Waals surface area contributed by atoms with Crippen LogP contribution in [0.25, 0.3) is 5.78 Å². The van der Waals surface area contributed by atoms with Crippen LogP contribution in [0.2, 0.25) is 0 Å². The molecule has 1 amide bonds. The monoisotopic (exact) mass is 353 g/mol. The molecule has 0 aliphatic carbocycles. The fraction of sp³-hybridized carbons (Fsp3) is 0.600. The molecule has 2 aromatic heterocycles. The fourth-order valence-electron chi connectivity index (χ4n) is 2.62. The summed E-state index contributed by atoms with van der Waals surface area (Å²) in [6, 6.07) is 1.40. The normalized spacial score (nSPS) is 13.2. The van der Waals surface area contributed by atoms with Crippen LogP contribution >= 0.6 is 0 Å². The summed E-state index contributed by atoms with van der Waals surface area (Å²) in [4.78, 5) is 22.7. The van der Waals surface area contributed by atoms with E-state index < -0.39 is 15.9 Å². The molecule has 24 heavy (non-hydrogen) atoms. The first-order valence-corrected chi connectivity index (χ1v) is 9.73. The Bertz CT molecular complexity index is 859. The van der Waals surface area contributed by atoms with Gasteiger partial charge in [0.15, 0.2) is 9.84 Å². The van der Waals surface area contributed by atoms with Gasteiger partial charge in [0.1, 0.15) is 0 Å². The summed E-state index contributed by atoms with van der Waals surface area (Å²) in [7, 11) is -3.18. The standard InChI is InChI=1S/C15H23N5O3S/c1-6-19(12(5)9-24(22,23)7-2)14(21)13-17-15-16-10(3)8-11(4)20(15)18-13/h8,12H,6-7,9H2,1-5H3. The van der Waals surface area contributed by atoms with Crippen molar-refractivity contribution in [1.82, 2.24) is 24.5 Å². The maximum absolute atomic E-state index is 12.7. The predicted molar refractivity (Wildman–Crippen MR) is 90.8 cm³/mol. The van der Waals surface area contributed by atoms with Crippen LogP contribution in [-0.4, -0.2) is 62.9 Å². The van der Waals surface area contributed by atoms with Crippen LogP contribution in [0, 0.1) is 13.8 Å². The zero-order valence-electron chi connectivity index (χ0n) is 14.6. The highest BCUT2D eigenvalue weighted by atomic mass is 32.2. The third-order valence-electron chi connectivity index (χ3n) is 3.88. The highest BCUT2D eigenvalue weighted by molar-refractivity contribution is 7.91. The smallest absolute Gasteiger partial charge is 0.293 e. The van der Waals surface area contributed by atoms with Crippen molar-refractivity contribution in [1.29, 1.82) is 0 Å². The summed E-state index contributed by atoms with van der Waals surface area (Å²) in [5.41, 5.74) is 1.62. The van der Waals surface area contributed by atoms with Crippen LogP contribution in [0.4, 0.5) is 0 Å². The molecule has 1 atom stereocenters. The number of hydrogen-bond acceptors (Lipinski definition) is 6. The van der Waals surface area contributed by atoms with Gasteiger partial charge in [-0.2, -0.15) is 4.98 Å². The second-order valence-electron chi connectivity index (χ2n) is 5.83. The van der Waals surface area contributed by atoms with Crippen molar-refractivity contribution >= 4 is 21.5 Å². The molecule has 0 aliphatic heterocycles. The van der Waals surface area contributed by atoms with Gasteiger partial charge >= 0.3 is 0 Å². The molecule has 0 aliphatic rings. The molecule has 1 unspecified atom stereocenters. The number of sulfone groups is 1. The maximum atomic E-state index is 12.7. The first-order chi connectivity index (χ1) is 11.2. The van der Waals surface area contributed by atoms with E-state index in [0.717, 1.165) is 11.4 Å². The fourth-order valence-corrected chi connectivity index (χ4v) is 3.77. The lowest BCUT2D eigenvalue weighted by atomic mass is 10.3. The van der Waals surface area contributed by atoms with E-state index in [1.54, 1.807) is 20.8 Å². The van der Waals surface area contributed by atoms with Gasteiger partial charge in [0.05, 0.1) is 5.75 Å². The lowest BCUT2D eigenvalue weighted by Gasteiger charge is -2.26. The zero-order valence-corrected chi connectivity index (χ0v) is 15.5. The summed E-state index contributed by atoms with van der Waals surface area (Å²) >= 11 is 0. The van der Waals surface area contributed by atoms with E-state index in [1.807, 2.05) is 19.9 Å². The lowest BCUT2D eigenvalue weighted by Crippen LogP contribution is -2.43. The third kappa shape index (κ3) is 3.72. The minimum atomic E-state index is -3.18. The first-order valence-electron chi connectivity index (χ1n) is 7.91. The largest absolute Gasteiger partial charge is 0.332 e. The Morgan fingerprint density at radius 1 is 1.29 bits per heavy atom. The number of amides is 1. The third-order valence-corrected chi connectivity index (χ3v) is 5.75. The Hall–Kier alpha value is -2.03. The van der Waals surface area contributed by atoms with E-state index in [-0.39, 0.29) is 23.2 Å². The summed E-state index contributed by atoms with van der Waals surface area (Å²) < 4.78 is 25.2. The van der Waals surface area contributed by atoms with Crippen molar-refractivity contribution in [2.45, 2.75) is 40.7 Å². The van der Waals surface area contributed by atoms with E-state index in [4.69, 9.17) is 0 Å². The molecule has 0 aromatic carbocycles. The average molecular weight is 353 g/mol. The van der Waals surface area contributed by atoms with Crippen molar-refractivity contribution in [2.24, 2.45) is 0 Å². The van der Waals surface area contributed by atoms with E-state index >= 15 is 0 Å². The van der Waals surface area contributed by atoms with E-state index in [1.165, 1.54) is 9.42 Å². The van der Waals surface area contributed by atoms with Crippen LogP contribution in [0.15, 0.2) is 6.07 Å². The highest BCUT2D eigenvalue weighted by Crippen LogP contribution is 2.11. The van der Waals surface area contributed by atoms with Crippen molar-refractivity contribution in [2.75, 3.05) is 18.1 Å². The second kappa shape index (κ2) is 6.84. The van der Waals surface area contributed by atoms with Gasteiger partial charge in [-0.1, -0.05) is 6.92 Å². The molecule has 2 aromatic rings. The first kappa shape index (κ1) is 18.3. The molecule has 0 bridgehead atoms. The molecular weight excluding hydrogens is 330 g/mol. The van der Waals surface area contributed by atoms with Gasteiger partial charge in [0.25, 0.3) is 11.7 Å². The average Bonchev–Trinajstić information content (AvgIpc) is 2.91. The molecule has 0 spiro atoms. The topological polar surface area (TPSA) is 97.5 Å². The predicted octanol–water partition coefficient (Wildman–Crippen LogP) is 1.03. The Morgan fingerprint density at radius 3 is 2.54 bits per heavy atom. The molecule has 2 rings (SSSR count). The molecule has 2 heterocycles. The highest BCUT2D eigenvalue weighted by Gasteiger charge is 2.27. The van der Waals surface area contributed by atoms with E-state index in [9.17, 15) is 13.2 Å². The van der Waals surface area contributed by atoms with Gasteiger partial charge in [0.2, 0.25) is 5.82 Å². The molecule has 132 valence electrons. The summed E-state index contributed by atoms with van der Waals surface area (Å²) in [5, 5.41) is 4.22.